The third-order valence-electron chi connectivity index (χ3n) is 2.85. The van der Waals surface area contributed by atoms with Gasteiger partial charge in [0, 0.05) is 16.8 Å². The Kier molecular flexibility index (Phi) is 5.06. The van der Waals surface area contributed by atoms with Crippen LogP contribution in [0, 0.1) is 6.92 Å². The first-order valence-corrected chi connectivity index (χ1v) is 6.79. The SMILES string of the molecule is COc1cccc(NC(=O)COc2ccc(Cl)c(C)c2)c1. The summed E-state index contributed by atoms with van der Waals surface area (Å²) in [5.74, 6) is 1.05. The van der Waals surface area contributed by atoms with Crippen LogP contribution in [0.2, 0.25) is 5.02 Å². The number of carbonyl (C=O) groups excluding carboxylic acids is 1. The second-order valence-electron chi connectivity index (χ2n) is 4.48. The van der Waals surface area contributed by atoms with Gasteiger partial charge in [-0.2, -0.15) is 0 Å². The van der Waals surface area contributed by atoms with Crippen molar-refractivity contribution in [2.75, 3.05) is 19.0 Å². The number of nitrogens with one attached hydrogen (secondary N) is 1. The van der Waals surface area contributed by atoms with Gasteiger partial charge in [0.25, 0.3) is 5.91 Å². The summed E-state index contributed by atoms with van der Waals surface area (Å²) in [6, 6.07) is 12.4. The molecule has 2 aromatic rings. The fraction of sp³-hybridized carbons (Fsp3) is 0.188. The third-order valence-corrected chi connectivity index (χ3v) is 3.28. The van der Waals surface area contributed by atoms with E-state index < -0.39 is 0 Å². The van der Waals surface area contributed by atoms with E-state index in [-0.39, 0.29) is 12.5 Å². The predicted molar refractivity (Wildman–Crippen MR) is 83.3 cm³/mol. The number of aryl methyl sites for hydroxylation is 1. The number of hydrogen-bond acceptors (Lipinski definition) is 3. The molecule has 0 saturated heterocycles. The Hall–Kier alpha value is -2.20. The van der Waals surface area contributed by atoms with Gasteiger partial charge in [0.15, 0.2) is 6.61 Å². The second-order valence-corrected chi connectivity index (χ2v) is 4.89. The first kappa shape index (κ1) is 15.2. The smallest absolute Gasteiger partial charge is 0.262 e. The number of hydrogen-bond donors (Lipinski definition) is 1. The van der Waals surface area contributed by atoms with Crippen molar-refractivity contribution in [2.45, 2.75) is 6.92 Å². The largest absolute Gasteiger partial charge is 0.497 e. The molecule has 0 saturated carbocycles. The van der Waals surface area contributed by atoms with E-state index in [0.29, 0.717) is 22.2 Å². The molecule has 2 rings (SSSR count). The normalized spacial score (nSPS) is 10.0. The number of halogens is 1. The molecular formula is C16H16ClNO3. The lowest BCUT2D eigenvalue weighted by molar-refractivity contribution is -0.118. The number of anilines is 1. The zero-order chi connectivity index (χ0) is 15.2. The number of rotatable bonds is 5. The molecule has 5 heteroatoms. The minimum Gasteiger partial charge on any atom is -0.497 e. The Labute approximate surface area is 128 Å². The van der Waals surface area contributed by atoms with Gasteiger partial charge < -0.3 is 14.8 Å². The highest BCUT2D eigenvalue weighted by atomic mass is 35.5. The van der Waals surface area contributed by atoms with Crippen LogP contribution in [0.5, 0.6) is 11.5 Å². The van der Waals surface area contributed by atoms with E-state index in [1.54, 1.807) is 43.5 Å². The summed E-state index contributed by atoms with van der Waals surface area (Å²) in [6.45, 7) is 1.81. The van der Waals surface area contributed by atoms with Crippen LogP contribution in [0.4, 0.5) is 5.69 Å². The lowest BCUT2D eigenvalue weighted by Gasteiger charge is -2.09. The molecule has 1 amide bonds. The first-order chi connectivity index (χ1) is 10.1. The molecule has 0 aliphatic carbocycles. The molecule has 0 heterocycles. The average Bonchev–Trinajstić information content (AvgIpc) is 2.48. The maximum atomic E-state index is 11.8. The van der Waals surface area contributed by atoms with Crippen LogP contribution in [0.1, 0.15) is 5.56 Å². The van der Waals surface area contributed by atoms with Gasteiger partial charge in [-0.25, -0.2) is 0 Å². The fourth-order valence-corrected chi connectivity index (χ4v) is 1.87. The molecule has 0 aliphatic heterocycles. The summed E-state index contributed by atoms with van der Waals surface area (Å²) in [7, 11) is 1.58. The summed E-state index contributed by atoms with van der Waals surface area (Å²) in [5, 5.41) is 3.41. The van der Waals surface area contributed by atoms with Gasteiger partial charge >= 0.3 is 0 Å². The monoisotopic (exact) mass is 305 g/mol. The van der Waals surface area contributed by atoms with Gasteiger partial charge in [-0.1, -0.05) is 17.7 Å². The molecule has 0 radical (unpaired) electrons. The van der Waals surface area contributed by atoms with Crippen molar-refractivity contribution >= 4 is 23.2 Å². The van der Waals surface area contributed by atoms with Gasteiger partial charge in [0.1, 0.15) is 11.5 Å². The predicted octanol–water partition coefficient (Wildman–Crippen LogP) is 3.67. The van der Waals surface area contributed by atoms with Gasteiger partial charge in [-0.05, 0) is 42.8 Å². The first-order valence-electron chi connectivity index (χ1n) is 6.41. The Morgan fingerprint density at radius 3 is 2.71 bits per heavy atom. The Morgan fingerprint density at radius 1 is 1.19 bits per heavy atom. The molecule has 0 aliphatic rings. The van der Waals surface area contributed by atoms with E-state index >= 15 is 0 Å². The van der Waals surface area contributed by atoms with E-state index in [1.165, 1.54) is 0 Å². The van der Waals surface area contributed by atoms with Crippen LogP contribution in [-0.2, 0) is 4.79 Å². The van der Waals surface area contributed by atoms with E-state index in [0.717, 1.165) is 5.56 Å². The van der Waals surface area contributed by atoms with Crippen LogP contribution in [0.15, 0.2) is 42.5 Å². The molecular weight excluding hydrogens is 290 g/mol. The molecule has 0 unspecified atom stereocenters. The highest BCUT2D eigenvalue weighted by molar-refractivity contribution is 6.31. The zero-order valence-corrected chi connectivity index (χ0v) is 12.6. The fourth-order valence-electron chi connectivity index (χ4n) is 1.75. The molecule has 0 spiro atoms. The van der Waals surface area contributed by atoms with Crippen LogP contribution in [-0.4, -0.2) is 19.6 Å². The summed E-state index contributed by atoms with van der Waals surface area (Å²) in [5.41, 5.74) is 1.57. The summed E-state index contributed by atoms with van der Waals surface area (Å²) in [4.78, 5) is 11.8. The topological polar surface area (TPSA) is 47.6 Å². The zero-order valence-electron chi connectivity index (χ0n) is 11.9. The Morgan fingerprint density at radius 2 is 2.00 bits per heavy atom. The maximum Gasteiger partial charge on any atom is 0.262 e. The third kappa shape index (κ3) is 4.39. The van der Waals surface area contributed by atoms with Crippen molar-refractivity contribution in [1.82, 2.24) is 0 Å². The molecule has 21 heavy (non-hydrogen) atoms. The summed E-state index contributed by atoms with van der Waals surface area (Å²) < 4.78 is 10.5. The number of benzene rings is 2. The minimum atomic E-state index is -0.240. The van der Waals surface area contributed by atoms with Gasteiger partial charge in [-0.3, -0.25) is 4.79 Å². The van der Waals surface area contributed by atoms with Gasteiger partial charge in [-0.15, -0.1) is 0 Å². The van der Waals surface area contributed by atoms with Crippen LogP contribution in [0.25, 0.3) is 0 Å². The molecule has 110 valence electrons. The van der Waals surface area contributed by atoms with Crippen molar-refractivity contribution in [3.63, 3.8) is 0 Å². The van der Waals surface area contributed by atoms with Crippen LogP contribution >= 0.6 is 11.6 Å². The molecule has 0 fully saturated rings. The molecule has 0 atom stereocenters. The van der Waals surface area contributed by atoms with E-state index in [1.807, 2.05) is 13.0 Å². The van der Waals surface area contributed by atoms with E-state index in [9.17, 15) is 4.79 Å². The van der Waals surface area contributed by atoms with Gasteiger partial charge in [0.2, 0.25) is 0 Å². The van der Waals surface area contributed by atoms with Crippen molar-refractivity contribution in [3.8, 4) is 11.5 Å². The summed E-state index contributed by atoms with van der Waals surface area (Å²) >= 11 is 5.93. The van der Waals surface area contributed by atoms with Crippen molar-refractivity contribution < 1.29 is 14.3 Å². The number of methoxy groups -OCH3 is 1. The number of amides is 1. The van der Waals surface area contributed by atoms with Crippen molar-refractivity contribution in [3.05, 3.63) is 53.1 Å². The van der Waals surface area contributed by atoms with E-state index in [4.69, 9.17) is 21.1 Å². The molecule has 2 aromatic carbocycles. The lowest BCUT2D eigenvalue weighted by atomic mass is 10.2. The number of ether oxygens (including phenoxy) is 2. The highest BCUT2D eigenvalue weighted by Crippen LogP contribution is 2.21. The molecule has 0 bridgehead atoms. The Bertz CT molecular complexity index is 643. The molecule has 0 aromatic heterocycles. The number of carbonyl (C=O) groups is 1. The standard InChI is InChI=1S/C16H16ClNO3/c1-11-8-14(6-7-15(11)17)21-10-16(19)18-12-4-3-5-13(9-12)20-2/h3-9H,10H2,1-2H3,(H,18,19). The van der Waals surface area contributed by atoms with Crippen molar-refractivity contribution in [1.29, 1.82) is 0 Å². The second kappa shape index (κ2) is 6.99. The van der Waals surface area contributed by atoms with E-state index in [2.05, 4.69) is 5.32 Å². The van der Waals surface area contributed by atoms with Crippen LogP contribution < -0.4 is 14.8 Å². The summed E-state index contributed by atoms with van der Waals surface area (Å²) in [6.07, 6.45) is 0. The maximum absolute atomic E-state index is 11.8. The highest BCUT2D eigenvalue weighted by Gasteiger charge is 2.05. The lowest BCUT2D eigenvalue weighted by Crippen LogP contribution is -2.20. The van der Waals surface area contributed by atoms with Crippen molar-refractivity contribution in [2.24, 2.45) is 0 Å². The quantitative estimate of drug-likeness (QED) is 0.916. The Balaban J connectivity index is 1.90. The van der Waals surface area contributed by atoms with Gasteiger partial charge in [0.05, 0.1) is 7.11 Å². The minimum absolute atomic E-state index is 0.0711. The average molecular weight is 306 g/mol. The van der Waals surface area contributed by atoms with Crippen LogP contribution in [0.3, 0.4) is 0 Å². The molecule has 4 nitrogen and oxygen atoms in total. The molecule has 1 N–H and O–H groups in total.